The first-order valence-corrected chi connectivity index (χ1v) is 10.8. The van der Waals surface area contributed by atoms with E-state index < -0.39 is 0 Å². The maximum atomic E-state index is 12.9. The van der Waals surface area contributed by atoms with Crippen LogP contribution in [0.15, 0.2) is 82.5 Å². The Hall–Kier alpha value is -2.96. The van der Waals surface area contributed by atoms with Crippen molar-refractivity contribution in [3.63, 3.8) is 0 Å². The minimum atomic E-state index is -0.0602. The molecule has 4 nitrogen and oxygen atoms in total. The summed E-state index contributed by atoms with van der Waals surface area (Å²) in [6, 6.07) is 18.1. The third-order valence-electron chi connectivity index (χ3n) is 4.29. The van der Waals surface area contributed by atoms with Crippen molar-refractivity contribution in [2.24, 2.45) is 4.99 Å². The summed E-state index contributed by atoms with van der Waals surface area (Å²) in [5.74, 6) is -0.0602. The Morgan fingerprint density at radius 1 is 1.17 bits per heavy atom. The highest BCUT2D eigenvalue weighted by atomic mass is 32.2. The quantitative estimate of drug-likeness (QED) is 0.383. The van der Waals surface area contributed by atoms with Crippen LogP contribution in [-0.4, -0.2) is 27.5 Å². The van der Waals surface area contributed by atoms with E-state index in [1.165, 1.54) is 23.1 Å². The number of aromatic nitrogens is 1. The molecule has 4 rings (SSSR count). The van der Waals surface area contributed by atoms with Gasteiger partial charge in [-0.2, -0.15) is 4.99 Å². The normalized spacial score (nSPS) is 16.7. The number of benzene rings is 2. The number of rotatable bonds is 5. The predicted molar refractivity (Wildman–Crippen MR) is 123 cm³/mol. The molecule has 1 aromatic heterocycles. The van der Waals surface area contributed by atoms with Gasteiger partial charge in [0.2, 0.25) is 5.13 Å². The van der Waals surface area contributed by atoms with Crippen LogP contribution in [0.1, 0.15) is 11.1 Å². The van der Waals surface area contributed by atoms with Gasteiger partial charge in [-0.05, 0) is 30.3 Å². The maximum Gasteiger partial charge on any atom is 0.267 e. The minimum absolute atomic E-state index is 0.0602. The molecule has 2 aromatic carbocycles. The number of thioether (sulfide) groups is 1. The molecular weight excluding hydrogens is 398 g/mol. The molecule has 1 fully saturated rings. The lowest BCUT2D eigenvalue weighted by Gasteiger charge is -2.11. The average Bonchev–Trinajstić information content (AvgIpc) is 3.30. The Bertz CT molecular complexity index is 1120. The van der Waals surface area contributed by atoms with E-state index in [0.717, 1.165) is 22.4 Å². The van der Waals surface area contributed by atoms with Crippen molar-refractivity contribution in [3.05, 3.63) is 88.7 Å². The van der Waals surface area contributed by atoms with Crippen LogP contribution in [0.25, 0.3) is 17.3 Å². The van der Waals surface area contributed by atoms with Gasteiger partial charge in [0.1, 0.15) is 0 Å². The second-order valence-corrected chi connectivity index (χ2v) is 8.35. The standard InChI is InChI=1S/C23H19N3OS2/c1-3-12-26-21(27)20(14-17-9-7-8-16(2)13-17)29-23(26)25-22-24-19(15-28-22)18-10-5-4-6-11-18/h3-11,13-15H,1,12H2,2H3/b20-14-,25-23+. The van der Waals surface area contributed by atoms with Gasteiger partial charge in [0.25, 0.3) is 5.91 Å². The fraction of sp³-hybridized carbons (Fsp3) is 0.0870. The van der Waals surface area contributed by atoms with Gasteiger partial charge in [0.05, 0.1) is 10.6 Å². The molecule has 0 saturated carbocycles. The van der Waals surface area contributed by atoms with Crippen molar-refractivity contribution in [1.29, 1.82) is 0 Å². The number of nitrogens with zero attached hydrogens (tertiary/aromatic N) is 3. The van der Waals surface area contributed by atoms with E-state index in [1.807, 2.05) is 66.9 Å². The van der Waals surface area contributed by atoms with Gasteiger partial charge in [0.15, 0.2) is 5.17 Å². The maximum absolute atomic E-state index is 12.9. The summed E-state index contributed by atoms with van der Waals surface area (Å²) >= 11 is 2.84. The van der Waals surface area contributed by atoms with E-state index in [0.29, 0.717) is 21.7 Å². The molecule has 6 heteroatoms. The molecular formula is C23H19N3OS2. The number of aryl methyl sites for hydroxylation is 1. The largest absolute Gasteiger partial charge is 0.282 e. The Labute approximate surface area is 178 Å². The van der Waals surface area contributed by atoms with E-state index >= 15 is 0 Å². The van der Waals surface area contributed by atoms with Crippen LogP contribution in [-0.2, 0) is 4.79 Å². The summed E-state index contributed by atoms with van der Waals surface area (Å²) < 4.78 is 0. The lowest BCUT2D eigenvalue weighted by atomic mass is 10.1. The lowest BCUT2D eigenvalue weighted by Crippen LogP contribution is -2.29. The molecule has 29 heavy (non-hydrogen) atoms. The van der Waals surface area contributed by atoms with Gasteiger partial charge in [-0.15, -0.1) is 17.9 Å². The zero-order valence-electron chi connectivity index (χ0n) is 15.9. The van der Waals surface area contributed by atoms with Gasteiger partial charge in [-0.25, -0.2) is 4.98 Å². The first kappa shape index (κ1) is 19.4. The number of amidine groups is 1. The monoisotopic (exact) mass is 417 g/mol. The number of thiazole rings is 1. The lowest BCUT2D eigenvalue weighted by molar-refractivity contribution is -0.121. The van der Waals surface area contributed by atoms with Crippen LogP contribution >= 0.6 is 23.1 Å². The van der Waals surface area contributed by atoms with Crippen LogP contribution in [0.4, 0.5) is 5.13 Å². The summed E-state index contributed by atoms with van der Waals surface area (Å²) in [6.07, 6.45) is 3.62. The Morgan fingerprint density at radius 3 is 2.76 bits per heavy atom. The second kappa shape index (κ2) is 8.59. The van der Waals surface area contributed by atoms with Crippen LogP contribution in [0.3, 0.4) is 0 Å². The van der Waals surface area contributed by atoms with Crippen LogP contribution in [0.5, 0.6) is 0 Å². The van der Waals surface area contributed by atoms with E-state index in [4.69, 9.17) is 0 Å². The summed E-state index contributed by atoms with van der Waals surface area (Å²) in [4.78, 5) is 24.5. The van der Waals surface area contributed by atoms with Crippen molar-refractivity contribution in [1.82, 2.24) is 9.88 Å². The van der Waals surface area contributed by atoms with Gasteiger partial charge in [-0.3, -0.25) is 9.69 Å². The van der Waals surface area contributed by atoms with Gasteiger partial charge < -0.3 is 0 Å². The van der Waals surface area contributed by atoms with Crippen LogP contribution < -0.4 is 0 Å². The topological polar surface area (TPSA) is 45.6 Å². The van der Waals surface area contributed by atoms with Crippen molar-refractivity contribution < 1.29 is 4.79 Å². The Morgan fingerprint density at radius 2 is 2.00 bits per heavy atom. The van der Waals surface area contributed by atoms with Crippen molar-refractivity contribution in [2.75, 3.05) is 6.54 Å². The number of hydrogen-bond donors (Lipinski definition) is 0. The highest BCUT2D eigenvalue weighted by Gasteiger charge is 2.32. The summed E-state index contributed by atoms with van der Waals surface area (Å²) in [6.45, 7) is 6.22. The molecule has 0 unspecified atom stereocenters. The number of amides is 1. The SMILES string of the molecule is C=CCN1C(=O)/C(=C/c2cccc(C)c2)S/C1=N/c1nc(-c2ccccc2)cs1. The number of hydrogen-bond acceptors (Lipinski definition) is 5. The molecule has 0 N–H and O–H groups in total. The van der Waals surface area contributed by atoms with Crippen LogP contribution in [0.2, 0.25) is 0 Å². The van der Waals surface area contributed by atoms with E-state index in [9.17, 15) is 4.79 Å². The fourth-order valence-corrected chi connectivity index (χ4v) is 4.67. The summed E-state index contributed by atoms with van der Waals surface area (Å²) in [7, 11) is 0. The third kappa shape index (κ3) is 4.39. The van der Waals surface area contributed by atoms with Crippen molar-refractivity contribution in [3.8, 4) is 11.3 Å². The molecule has 1 aliphatic heterocycles. The Balaban J connectivity index is 1.64. The molecule has 1 saturated heterocycles. The molecule has 0 atom stereocenters. The smallest absolute Gasteiger partial charge is 0.267 e. The zero-order valence-corrected chi connectivity index (χ0v) is 17.5. The molecule has 0 radical (unpaired) electrons. The van der Waals surface area contributed by atoms with E-state index in [2.05, 4.69) is 22.6 Å². The van der Waals surface area contributed by atoms with Gasteiger partial charge in [0, 0.05) is 17.5 Å². The second-order valence-electron chi connectivity index (χ2n) is 6.50. The number of aliphatic imine (C=N–C) groups is 1. The summed E-state index contributed by atoms with van der Waals surface area (Å²) in [5.41, 5.74) is 4.09. The van der Waals surface area contributed by atoms with Crippen molar-refractivity contribution >= 4 is 45.4 Å². The molecule has 0 aliphatic carbocycles. The third-order valence-corrected chi connectivity index (χ3v) is 6.03. The van der Waals surface area contributed by atoms with Crippen molar-refractivity contribution in [2.45, 2.75) is 6.92 Å². The predicted octanol–water partition coefficient (Wildman–Crippen LogP) is 5.91. The molecule has 0 spiro atoms. The molecule has 3 aromatic rings. The van der Waals surface area contributed by atoms with E-state index in [-0.39, 0.29) is 5.91 Å². The van der Waals surface area contributed by atoms with Gasteiger partial charge >= 0.3 is 0 Å². The number of carbonyl (C=O) groups is 1. The molecule has 2 heterocycles. The zero-order chi connectivity index (χ0) is 20.2. The van der Waals surface area contributed by atoms with Crippen LogP contribution in [0, 0.1) is 6.92 Å². The van der Waals surface area contributed by atoms with E-state index in [1.54, 1.807) is 11.0 Å². The number of carbonyl (C=O) groups excluding carboxylic acids is 1. The molecule has 1 amide bonds. The highest BCUT2D eigenvalue weighted by molar-refractivity contribution is 8.18. The first-order chi connectivity index (χ1) is 14.1. The molecule has 144 valence electrons. The molecule has 1 aliphatic rings. The fourth-order valence-electron chi connectivity index (χ4n) is 2.93. The average molecular weight is 418 g/mol. The van der Waals surface area contributed by atoms with Gasteiger partial charge in [-0.1, -0.05) is 66.2 Å². The minimum Gasteiger partial charge on any atom is -0.282 e. The highest BCUT2D eigenvalue weighted by Crippen LogP contribution is 2.35. The summed E-state index contributed by atoms with van der Waals surface area (Å²) in [5, 5.41) is 3.24. The molecule has 0 bridgehead atoms. The first-order valence-electron chi connectivity index (χ1n) is 9.12. The Kier molecular flexibility index (Phi) is 5.74.